The Hall–Kier alpha value is -3.85. The summed E-state index contributed by atoms with van der Waals surface area (Å²) in [6.07, 6.45) is 0.185. The van der Waals surface area contributed by atoms with Gasteiger partial charge in [0.15, 0.2) is 0 Å². The molecule has 0 aliphatic carbocycles. The van der Waals surface area contributed by atoms with Crippen molar-refractivity contribution in [2.75, 3.05) is 19.6 Å². The number of nitrogens with two attached hydrogens (primary N) is 1. The summed E-state index contributed by atoms with van der Waals surface area (Å²) in [7, 11) is 0. The van der Waals surface area contributed by atoms with Gasteiger partial charge in [-0.05, 0) is 47.9 Å². The summed E-state index contributed by atoms with van der Waals surface area (Å²) in [6, 6.07) is 15.9. The van der Waals surface area contributed by atoms with E-state index in [-0.39, 0.29) is 30.6 Å². The Morgan fingerprint density at radius 2 is 1.73 bits per heavy atom. The lowest BCUT2D eigenvalue weighted by Crippen LogP contribution is -2.50. The van der Waals surface area contributed by atoms with Crippen LogP contribution in [0.5, 0.6) is 0 Å². The number of ether oxygens (including phenoxy) is 1. The lowest BCUT2D eigenvalue weighted by Gasteiger charge is -2.43. The van der Waals surface area contributed by atoms with E-state index in [9.17, 15) is 22.8 Å². The minimum Gasteiger partial charge on any atom is -0.438 e. The third kappa shape index (κ3) is 5.77. The zero-order valence-electron chi connectivity index (χ0n) is 20.3. The van der Waals surface area contributed by atoms with Gasteiger partial charge in [0.25, 0.3) is 0 Å². The van der Waals surface area contributed by atoms with Gasteiger partial charge in [0.2, 0.25) is 5.91 Å². The van der Waals surface area contributed by atoms with Gasteiger partial charge in [-0.25, -0.2) is 18.0 Å². The van der Waals surface area contributed by atoms with Crippen molar-refractivity contribution >= 4 is 12.0 Å². The number of halogens is 3. The van der Waals surface area contributed by atoms with E-state index in [0.717, 1.165) is 11.6 Å². The van der Waals surface area contributed by atoms with Gasteiger partial charge >= 0.3 is 6.09 Å². The van der Waals surface area contributed by atoms with Crippen molar-refractivity contribution in [1.82, 2.24) is 10.2 Å². The standard InChI is InChI=1S/C28H28F3N3O3/c1-18(19-2-4-20(5-3-19)24-11-10-23(30)16-25(24)31)34-15-13-28(37-27(34)36,12-14-33-26(35)17-32)21-6-8-22(29)9-7-21/h2-11,16,18H,12-15,17,32H2,1H3,(H,33,35)/t18-,28-/m0/s1. The van der Waals surface area contributed by atoms with Crippen LogP contribution < -0.4 is 11.1 Å². The molecule has 3 aromatic carbocycles. The fraction of sp³-hybridized carbons (Fsp3) is 0.286. The second-order valence-corrected chi connectivity index (χ2v) is 9.04. The maximum atomic E-state index is 14.2. The third-order valence-corrected chi connectivity index (χ3v) is 6.78. The van der Waals surface area contributed by atoms with Crippen molar-refractivity contribution in [2.45, 2.75) is 31.4 Å². The summed E-state index contributed by atoms with van der Waals surface area (Å²) < 4.78 is 47.0. The molecule has 194 valence electrons. The molecule has 1 heterocycles. The molecule has 4 rings (SSSR count). The zero-order chi connectivity index (χ0) is 26.6. The summed E-state index contributed by atoms with van der Waals surface area (Å²) in [6.45, 7) is 2.30. The number of rotatable bonds is 8. The first-order valence-electron chi connectivity index (χ1n) is 12.0. The summed E-state index contributed by atoms with van der Waals surface area (Å²) in [5.74, 6) is -2.03. The van der Waals surface area contributed by atoms with E-state index in [1.165, 1.54) is 24.3 Å². The van der Waals surface area contributed by atoms with Gasteiger partial charge in [-0.3, -0.25) is 4.79 Å². The molecule has 0 unspecified atom stereocenters. The highest BCUT2D eigenvalue weighted by molar-refractivity contribution is 5.77. The predicted molar refractivity (Wildman–Crippen MR) is 133 cm³/mol. The van der Waals surface area contributed by atoms with Crippen LogP contribution in [0.2, 0.25) is 0 Å². The molecule has 9 heteroatoms. The maximum absolute atomic E-state index is 14.2. The Bertz CT molecular complexity index is 1270. The van der Waals surface area contributed by atoms with E-state index >= 15 is 0 Å². The second-order valence-electron chi connectivity index (χ2n) is 9.04. The molecule has 0 radical (unpaired) electrons. The number of hydrogen-bond donors (Lipinski definition) is 2. The van der Waals surface area contributed by atoms with Gasteiger partial charge < -0.3 is 20.7 Å². The molecule has 1 aliphatic rings. The van der Waals surface area contributed by atoms with Crippen molar-refractivity contribution in [1.29, 1.82) is 0 Å². The molecule has 1 fully saturated rings. The van der Waals surface area contributed by atoms with Crippen LogP contribution in [0.25, 0.3) is 11.1 Å². The molecule has 1 saturated heterocycles. The number of carbonyl (C=O) groups excluding carboxylic acids is 2. The van der Waals surface area contributed by atoms with E-state index < -0.39 is 29.1 Å². The predicted octanol–water partition coefficient (Wildman–Crippen LogP) is 5.03. The third-order valence-electron chi connectivity index (χ3n) is 6.78. The number of benzene rings is 3. The molecular weight excluding hydrogens is 483 g/mol. The van der Waals surface area contributed by atoms with E-state index in [1.807, 2.05) is 6.92 Å². The first-order chi connectivity index (χ1) is 17.7. The fourth-order valence-electron chi connectivity index (χ4n) is 4.62. The molecule has 37 heavy (non-hydrogen) atoms. The van der Waals surface area contributed by atoms with Crippen LogP contribution in [0.1, 0.15) is 36.9 Å². The Morgan fingerprint density at radius 1 is 1.05 bits per heavy atom. The average molecular weight is 512 g/mol. The summed E-state index contributed by atoms with van der Waals surface area (Å²) >= 11 is 0. The first-order valence-corrected chi connectivity index (χ1v) is 12.0. The topological polar surface area (TPSA) is 84.7 Å². The summed E-state index contributed by atoms with van der Waals surface area (Å²) in [4.78, 5) is 26.4. The summed E-state index contributed by atoms with van der Waals surface area (Å²) in [5.41, 5.74) is 6.64. The number of amides is 2. The van der Waals surface area contributed by atoms with Crippen molar-refractivity contribution < 1.29 is 27.5 Å². The summed E-state index contributed by atoms with van der Waals surface area (Å²) in [5, 5.41) is 2.70. The Balaban J connectivity index is 1.51. The normalized spacial score (nSPS) is 18.3. The molecule has 6 nitrogen and oxygen atoms in total. The monoisotopic (exact) mass is 511 g/mol. The Labute approximate surface area is 213 Å². The SMILES string of the molecule is C[C@@H](c1ccc(-c2ccc(F)cc2F)cc1)N1CC[C@@](CCNC(=O)CN)(c2ccc(F)cc2)OC1=O. The molecule has 2 atom stereocenters. The fourth-order valence-corrected chi connectivity index (χ4v) is 4.62. The highest BCUT2D eigenvalue weighted by atomic mass is 19.1. The molecule has 0 bridgehead atoms. The number of nitrogens with zero attached hydrogens (tertiary/aromatic N) is 1. The van der Waals surface area contributed by atoms with Crippen LogP contribution in [0, 0.1) is 17.5 Å². The van der Waals surface area contributed by atoms with Gasteiger partial charge in [-0.15, -0.1) is 0 Å². The minimum atomic E-state index is -1.03. The lowest BCUT2D eigenvalue weighted by atomic mass is 9.85. The first kappa shape index (κ1) is 26.2. The Morgan fingerprint density at radius 3 is 2.35 bits per heavy atom. The number of cyclic esters (lactones) is 1. The molecule has 0 aromatic heterocycles. The van der Waals surface area contributed by atoms with E-state index in [2.05, 4.69) is 5.32 Å². The van der Waals surface area contributed by atoms with Crippen LogP contribution in [0.4, 0.5) is 18.0 Å². The van der Waals surface area contributed by atoms with Gasteiger partial charge in [0.1, 0.15) is 23.1 Å². The van der Waals surface area contributed by atoms with Gasteiger partial charge in [0, 0.05) is 37.6 Å². The molecule has 1 aliphatic heterocycles. The van der Waals surface area contributed by atoms with Crippen LogP contribution in [-0.2, 0) is 15.1 Å². The number of nitrogens with one attached hydrogen (secondary N) is 1. The quantitative estimate of drug-likeness (QED) is 0.444. The molecule has 3 aromatic rings. The molecule has 2 amide bonds. The van der Waals surface area contributed by atoms with Gasteiger partial charge in [0.05, 0.1) is 12.6 Å². The largest absolute Gasteiger partial charge is 0.438 e. The zero-order valence-corrected chi connectivity index (χ0v) is 20.3. The minimum absolute atomic E-state index is 0.152. The highest BCUT2D eigenvalue weighted by Gasteiger charge is 2.43. The average Bonchev–Trinajstić information content (AvgIpc) is 2.89. The van der Waals surface area contributed by atoms with E-state index in [0.29, 0.717) is 30.5 Å². The van der Waals surface area contributed by atoms with E-state index in [1.54, 1.807) is 41.3 Å². The molecule has 0 spiro atoms. The van der Waals surface area contributed by atoms with Crippen molar-refractivity contribution in [3.63, 3.8) is 0 Å². The number of hydrogen-bond acceptors (Lipinski definition) is 4. The maximum Gasteiger partial charge on any atom is 0.411 e. The van der Waals surface area contributed by atoms with E-state index in [4.69, 9.17) is 10.5 Å². The second kappa shape index (κ2) is 11.0. The van der Waals surface area contributed by atoms with Crippen LogP contribution in [-0.4, -0.2) is 36.5 Å². The van der Waals surface area contributed by atoms with Crippen molar-refractivity contribution in [3.05, 3.63) is 95.3 Å². The molecule has 0 saturated carbocycles. The Kier molecular flexibility index (Phi) is 7.83. The van der Waals surface area contributed by atoms with Crippen LogP contribution >= 0.6 is 0 Å². The van der Waals surface area contributed by atoms with Crippen molar-refractivity contribution in [3.8, 4) is 11.1 Å². The molecule has 3 N–H and O–H groups in total. The molecular formula is C28H28F3N3O3. The smallest absolute Gasteiger partial charge is 0.411 e. The van der Waals surface area contributed by atoms with Crippen LogP contribution in [0.3, 0.4) is 0 Å². The van der Waals surface area contributed by atoms with Crippen molar-refractivity contribution in [2.24, 2.45) is 5.73 Å². The van der Waals surface area contributed by atoms with Crippen LogP contribution in [0.15, 0.2) is 66.7 Å². The van der Waals surface area contributed by atoms with Gasteiger partial charge in [-0.1, -0.05) is 36.4 Å². The number of carbonyl (C=O) groups is 2. The lowest BCUT2D eigenvalue weighted by molar-refractivity contribution is -0.120. The van der Waals surface area contributed by atoms with Gasteiger partial charge in [-0.2, -0.15) is 0 Å². The highest BCUT2D eigenvalue weighted by Crippen LogP contribution is 2.39.